The first-order valence-electron chi connectivity index (χ1n) is 7.77. The Kier molecular flexibility index (Phi) is 5.05. The standard InChI is InChI=1S/C17H14N4O5/c18-9-12-7-13(21(23)24)1-2-15(12)20-17(22)11-3-5-19-16(8-11)26-14-4-6-25-10-14/h1-3,5,7-8,14H,4,6,10H2,(H,20,22). The summed E-state index contributed by atoms with van der Waals surface area (Å²) in [5.74, 6) is -0.178. The summed E-state index contributed by atoms with van der Waals surface area (Å²) in [4.78, 5) is 26.7. The third-order valence-corrected chi connectivity index (χ3v) is 3.75. The lowest BCUT2D eigenvalue weighted by Crippen LogP contribution is -2.17. The van der Waals surface area contributed by atoms with Gasteiger partial charge in [0, 0.05) is 36.4 Å². The van der Waals surface area contributed by atoms with Crippen molar-refractivity contribution in [2.75, 3.05) is 18.5 Å². The maximum Gasteiger partial charge on any atom is 0.270 e. The molecule has 1 aromatic heterocycles. The van der Waals surface area contributed by atoms with Gasteiger partial charge in [0.1, 0.15) is 12.2 Å². The van der Waals surface area contributed by atoms with Crippen LogP contribution in [0.2, 0.25) is 0 Å². The largest absolute Gasteiger partial charge is 0.472 e. The number of pyridine rings is 1. The lowest BCUT2D eigenvalue weighted by molar-refractivity contribution is -0.384. The highest BCUT2D eigenvalue weighted by atomic mass is 16.6. The van der Waals surface area contributed by atoms with E-state index in [1.54, 1.807) is 0 Å². The van der Waals surface area contributed by atoms with E-state index in [1.165, 1.54) is 30.5 Å². The maximum atomic E-state index is 12.4. The Bertz CT molecular complexity index is 887. The van der Waals surface area contributed by atoms with Crippen LogP contribution in [0.1, 0.15) is 22.3 Å². The number of hydrogen-bond acceptors (Lipinski definition) is 7. The van der Waals surface area contributed by atoms with E-state index >= 15 is 0 Å². The molecular formula is C17H14N4O5. The normalized spacial score (nSPS) is 15.9. The zero-order valence-corrected chi connectivity index (χ0v) is 13.5. The Morgan fingerprint density at radius 3 is 2.96 bits per heavy atom. The van der Waals surface area contributed by atoms with Crippen molar-refractivity contribution in [3.63, 3.8) is 0 Å². The van der Waals surface area contributed by atoms with Gasteiger partial charge in [0.15, 0.2) is 0 Å². The van der Waals surface area contributed by atoms with E-state index in [4.69, 9.17) is 14.7 Å². The molecule has 0 aliphatic carbocycles. The fourth-order valence-electron chi connectivity index (χ4n) is 2.43. The number of rotatable bonds is 5. The molecule has 9 heteroatoms. The third kappa shape index (κ3) is 3.93. The number of hydrogen-bond donors (Lipinski definition) is 1. The Labute approximate surface area is 148 Å². The van der Waals surface area contributed by atoms with Gasteiger partial charge < -0.3 is 14.8 Å². The molecule has 0 bridgehead atoms. The third-order valence-electron chi connectivity index (χ3n) is 3.75. The van der Waals surface area contributed by atoms with Crippen LogP contribution < -0.4 is 10.1 Å². The van der Waals surface area contributed by atoms with Crippen LogP contribution in [-0.2, 0) is 4.74 Å². The molecule has 1 atom stereocenters. The number of aromatic nitrogens is 1. The molecule has 0 saturated carbocycles. The number of nitrogens with one attached hydrogen (secondary N) is 1. The van der Waals surface area contributed by atoms with Gasteiger partial charge in [-0.25, -0.2) is 4.98 Å². The lowest BCUT2D eigenvalue weighted by atomic mass is 10.1. The molecule has 1 fully saturated rings. The van der Waals surface area contributed by atoms with Gasteiger partial charge in [0.2, 0.25) is 5.88 Å². The van der Waals surface area contributed by atoms with E-state index in [9.17, 15) is 14.9 Å². The minimum atomic E-state index is -0.605. The molecule has 2 heterocycles. The van der Waals surface area contributed by atoms with Gasteiger partial charge in [-0.2, -0.15) is 5.26 Å². The van der Waals surface area contributed by atoms with Crippen LogP contribution in [-0.4, -0.2) is 35.1 Å². The second-order valence-corrected chi connectivity index (χ2v) is 5.54. The van der Waals surface area contributed by atoms with Gasteiger partial charge in [0.05, 0.1) is 29.4 Å². The van der Waals surface area contributed by atoms with Crippen molar-refractivity contribution < 1.29 is 19.2 Å². The zero-order valence-electron chi connectivity index (χ0n) is 13.5. The Morgan fingerprint density at radius 2 is 2.27 bits per heavy atom. The quantitative estimate of drug-likeness (QED) is 0.644. The molecule has 1 amide bonds. The molecule has 3 rings (SSSR count). The summed E-state index contributed by atoms with van der Waals surface area (Å²) in [6, 6.07) is 8.48. The molecule has 132 valence electrons. The molecule has 1 N–H and O–H groups in total. The Balaban J connectivity index is 1.76. The number of carbonyl (C=O) groups is 1. The van der Waals surface area contributed by atoms with Crippen LogP contribution in [0.5, 0.6) is 5.88 Å². The second kappa shape index (κ2) is 7.58. The molecular weight excluding hydrogens is 340 g/mol. The number of nitrogens with zero attached hydrogens (tertiary/aromatic N) is 3. The number of ether oxygens (including phenoxy) is 2. The minimum absolute atomic E-state index is 0.00110. The average molecular weight is 354 g/mol. The molecule has 0 spiro atoms. The van der Waals surface area contributed by atoms with Gasteiger partial charge in [-0.05, 0) is 12.1 Å². The Hall–Kier alpha value is -3.51. The number of amides is 1. The summed E-state index contributed by atoms with van der Waals surface area (Å²) in [7, 11) is 0. The molecule has 1 aliphatic rings. The van der Waals surface area contributed by atoms with E-state index < -0.39 is 10.8 Å². The number of non-ortho nitro benzene ring substituents is 1. The minimum Gasteiger partial charge on any atom is -0.472 e. The highest BCUT2D eigenvalue weighted by molar-refractivity contribution is 6.05. The van der Waals surface area contributed by atoms with Crippen LogP contribution in [0.15, 0.2) is 36.5 Å². The molecule has 1 aliphatic heterocycles. The first-order chi connectivity index (χ1) is 12.6. The topological polar surface area (TPSA) is 127 Å². The molecule has 1 unspecified atom stereocenters. The van der Waals surface area contributed by atoms with E-state index in [-0.39, 0.29) is 28.6 Å². The van der Waals surface area contributed by atoms with Gasteiger partial charge in [-0.1, -0.05) is 0 Å². The summed E-state index contributed by atoms with van der Waals surface area (Å²) in [6.07, 6.45) is 2.11. The van der Waals surface area contributed by atoms with Crippen molar-refractivity contribution in [3.8, 4) is 11.9 Å². The highest BCUT2D eigenvalue weighted by Crippen LogP contribution is 2.22. The predicted molar refractivity (Wildman–Crippen MR) is 89.9 cm³/mol. The Morgan fingerprint density at radius 1 is 1.42 bits per heavy atom. The van der Waals surface area contributed by atoms with Crippen molar-refractivity contribution in [1.29, 1.82) is 5.26 Å². The van der Waals surface area contributed by atoms with Crippen LogP contribution >= 0.6 is 0 Å². The van der Waals surface area contributed by atoms with Crippen molar-refractivity contribution >= 4 is 17.3 Å². The van der Waals surface area contributed by atoms with E-state index in [1.807, 2.05) is 6.07 Å². The number of nitro benzene ring substituents is 1. The van der Waals surface area contributed by atoms with Crippen LogP contribution in [0.25, 0.3) is 0 Å². The molecule has 1 saturated heterocycles. The van der Waals surface area contributed by atoms with Crippen molar-refractivity contribution in [2.45, 2.75) is 12.5 Å². The van der Waals surface area contributed by atoms with Crippen LogP contribution in [0.3, 0.4) is 0 Å². The van der Waals surface area contributed by atoms with Gasteiger partial charge in [-0.3, -0.25) is 14.9 Å². The van der Waals surface area contributed by atoms with Crippen molar-refractivity contribution in [2.24, 2.45) is 0 Å². The lowest BCUT2D eigenvalue weighted by Gasteiger charge is -2.12. The number of nitriles is 1. The average Bonchev–Trinajstić information content (AvgIpc) is 3.15. The van der Waals surface area contributed by atoms with Gasteiger partial charge in [-0.15, -0.1) is 0 Å². The second-order valence-electron chi connectivity index (χ2n) is 5.54. The fraction of sp³-hybridized carbons (Fsp3) is 0.235. The summed E-state index contributed by atoms with van der Waals surface area (Å²) in [5, 5.41) is 22.5. The molecule has 0 radical (unpaired) electrons. The van der Waals surface area contributed by atoms with Crippen LogP contribution in [0, 0.1) is 21.4 Å². The van der Waals surface area contributed by atoms with E-state index in [0.717, 1.165) is 12.5 Å². The first-order valence-corrected chi connectivity index (χ1v) is 7.77. The summed E-state index contributed by atoms with van der Waals surface area (Å²) in [5.41, 5.74) is 0.252. The summed E-state index contributed by atoms with van der Waals surface area (Å²) in [6.45, 7) is 1.11. The van der Waals surface area contributed by atoms with Crippen molar-refractivity contribution in [3.05, 3.63) is 57.8 Å². The van der Waals surface area contributed by atoms with Crippen LogP contribution in [0.4, 0.5) is 11.4 Å². The predicted octanol–water partition coefficient (Wildman–Crippen LogP) is 2.28. The number of nitro groups is 1. The molecule has 1 aromatic carbocycles. The number of anilines is 1. The smallest absolute Gasteiger partial charge is 0.270 e. The number of benzene rings is 1. The molecule has 9 nitrogen and oxygen atoms in total. The molecule has 26 heavy (non-hydrogen) atoms. The highest BCUT2D eigenvalue weighted by Gasteiger charge is 2.19. The van der Waals surface area contributed by atoms with Gasteiger partial charge in [0.25, 0.3) is 11.6 Å². The first kappa shape index (κ1) is 17.3. The fourth-order valence-corrected chi connectivity index (χ4v) is 2.43. The SMILES string of the molecule is N#Cc1cc([N+](=O)[O-])ccc1NC(=O)c1ccnc(OC2CCOC2)c1. The zero-order chi connectivity index (χ0) is 18.5. The van der Waals surface area contributed by atoms with Crippen molar-refractivity contribution in [1.82, 2.24) is 4.98 Å². The van der Waals surface area contributed by atoms with E-state index in [0.29, 0.717) is 19.1 Å². The van der Waals surface area contributed by atoms with Gasteiger partial charge >= 0.3 is 0 Å². The monoisotopic (exact) mass is 354 g/mol. The maximum absolute atomic E-state index is 12.4. The summed E-state index contributed by atoms with van der Waals surface area (Å²) >= 11 is 0. The number of carbonyl (C=O) groups excluding carboxylic acids is 1. The molecule has 2 aromatic rings. The summed E-state index contributed by atoms with van der Waals surface area (Å²) < 4.78 is 10.9. The van der Waals surface area contributed by atoms with E-state index in [2.05, 4.69) is 10.3 Å².